The minimum absolute atomic E-state index is 0.169. The van der Waals surface area contributed by atoms with Gasteiger partial charge in [0.1, 0.15) is 5.54 Å². The molecule has 0 aromatic carbocycles. The molecule has 2 aliphatic carbocycles. The predicted molar refractivity (Wildman–Crippen MR) is 84.9 cm³/mol. The molecule has 0 aromatic heterocycles. The summed E-state index contributed by atoms with van der Waals surface area (Å²) in [5.41, 5.74) is 5.44. The van der Waals surface area contributed by atoms with Gasteiger partial charge in [0, 0.05) is 6.42 Å². The fraction of sp³-hybridized carbons (Fsp3) is 0.941. The van der Waals surface area contributed by atoms with Gasteiger partial charge in [-0.1, -0.05) is 27.7 Å². The van der Waals surface area contributed by atoms with Crippen molar-refractivity contribution in [3.63, 3.8) is 0 Å². The van der Waals surface area contributed by atoms with Gasteiger partial charge in [-0.2, -0.15) is 0 Å². The zero-order valence-electron chi connectivity index (χ0n) is 14.1. The van der Waals surface area contributed by atoms with Crippen LogP contribution in [-0.4, -0.2) is 30.2 Å². The zero-order valence-corrected chi connectivity index (χ0v) is 14.1. The SMILES string of the molecule is CCNC1(C(N)=O)CCC(OC2CC(C)CC(C)(C)C2)C1. The van der Waals surface area contributed by atoms with Gasteiger partial charge in [0.2, 0.25) is 5.91 Å². The molecule has 0 saturated heterocycles. The number of primary amides is 1. The van der Waals surface area contributed by atoms with Crippen molar-refractivity contribution >= 4 is 5.91 Å². The average molecular weight is 296 g/mol. The molecule has 4 unspecified atom stereocenters. The van der Waals surface area contributed by atoms with Gasteiger partial charge in [0.05, 0.1) is 12.2 Å². The Morgan fingerprint density at radius 2 is 2.00 bits per heavy atom. The smallest absolute Gasteiger partial charge is 0.237 e. The summed E-state index contributed by atoms with van der Waals surface area (Å²) in [5, 5.41) is 3.30. The molecule has 0 radical (unpaired) electrons. The van der Waals surface area contributed by atoms with Crippen LogP contribution < -0.4 is 11.1 Å². The summed E-state index contributed by atoms with van der Waals surface area (Å²) < 4.78 is 6.36. The van der Waals surface area contributed by atoms with E-state index in [-0.39, 0.29) is 12.0 Å². The van der Waals surface area contributed by atoms with E-state index in [1.807, 2.05) is 6.92 Å². The minimum Gasteiger partial charge on any atom is -0.375 e. The standard InChI is InChI=1S/C17H32N2O2/c1-5-19-17(15(18)20)7-6-13(11-17)21-14-8-12(2)9-16(3,4)10-14/h12-14,19H,5-11H2,1-4H3,(H2,18,20). The molecule has 4 nitrogen and oxygen atoms in total. The van der Waals surface area contributed by atoms with Crippen LogP contribution in [0.2, 0.25) is 0 Å². The third kappa shape index (κ3) is 3.98. The van der Waals surface area contributed by atoms with E-state index in [0.717, 1.165) is 44.6 Å². The van der Waals surface area contributed by atoms with Crippen molar-refractivity contribution in [3.05, 3.63) is 0 Å². The molecule has 2 rings (SSSR count). The van der Waals surface area contributed by atoms with Crippen molar-refractivity contribution < 1.29 is 9.53 Å². The predicted octanol–water partition coefficient (Wildman–Crippen LogP) is 2.60. The second-order valence-corrected chi connectivity index (χ2v) is 8.01. The molecule has 0 aliphatic heterocycles. The number of ether oxygens (including phenoxy) is 1. The fourth-order valence-electron chi connectivity index (χ4n) is 4.56. The molecule has 122 valence electrons. The summed E-state index contributed by atoms with van der Waals surface area (Å²) in [7, 11) is 0. The van der Waals surface area contributed by atoms with E-state index in [4.69, 9.17) is 10.5 Å². The van der Waals surface area contributed by atoms with Crippen LogP contribution >= 0.6 is 0 Å². The number of carbonyl (C=O) groups excluding carboxylic acids is 1. The van der Waals surface area contributed by atoms with Crippen molar-refractivity contribution in [3.8, 4) is 0 Å². The second kappa shape index (κ2) is 6.25. The lowest BCUT2D eigenvalue weighted by atomic mass is 9.71. The Bertz CT molecular complexity index is 383. The van der Waals surface area contributed by atoms with E-state index >= 15 is 0 Å². The molecule has 21 heavy (non-hydrogen) atoms. The van der Waals surface area contributed by atoms with Gasteiger partial charge in [0.25, 0.3) is 0 Å². The number of nitrogens with one attached hydrogen (secondary N) is 1. The van der Waals surface area contributed by atoms with Crippen molar-refractivity contribution in [1.82, 2.24) is 5.32 Å². The summed E-state index contributed by atoms with van der Waals surface area (Å²) in [6.07, 6.45) is 6.50. The van der Waals surface area contributed by atoms with Crippen LogP contribution in [0, 0.1) is 11.3 Å². The summed E-state index contributed by atoms with van der Waals surface area (Å²) in [5.74, 6) is 0.489. The van der Waals surface area contributed by atoms with Crippen LogP contribution in [0.3, 0.4) is 0 Å². The van der Waals surface area contributed by atoms with Gasteiger partial charge in [-0.25, -0.2) is 0 Å². The molecule has 4 heteroatoms. The maximum Gasteiger partial charge on any atom is 0.237 e. The Kier molecular flexibility index (Phi) is 4.99. The summed E-state index contributed by atoms with van der Waals surface area (Å²) in [6, 6.07) is 0. The van der Waals surface area contributed by atoms with Crippen molar-refractivity contribution in [2.45, 2.75) is 84.0 Å². The van der Waals surface area contributed by atoms with Crippen molar-refractivity contribution in [2.75, 3.05) is 6.54 Å². The lowest BCUT2D eigenvalue weighted by molar-refractivity contribution is -0.125. The topological polar surface area (TPSA) is 64.3 Å². The normalized spacial score (nSPS) is 39.3. The minimum atomic E-state index is -0.546. The Labute approximate surface area is 129 Å². The first kappa shape index (κ1) is 16.8. The monoisotopic (exact) mass is 296 g/mol. The third-order valence-electron chi connectivity index (χ3n) is 5.19. The molecule has 0 heterocycles. The fourth-order valence-corrected chi connectivity index (χ4v) is 4.56. The van der Waals surface area contributed by atoms with E-state index in [1.165, 1.54) is 6.42 Å². The molecule has 0 aromatic rings. The number of rotatable bonds is 5. The first-order chi connectivity index (χ1) is 9.76. The van der Waals surface area contributed by atoms with Gasteiger partial charge in [-0.05, 0) is 50.0 Å². The van der Waals surface area contributed by atoms with Crippen molar-refractivity contribution in [1.29, 1.82) is 0 Å². The van der Waals surface area contributed by atoms with Crippen LogP contribution in [0.1, 0.15) is 66.2 Å². The molecule has 4 atom stereocenters. The lowest BCUT2D eigenvalue weighted by Crippen LogP contribution is -2.54. The van der Waals surface area contributed by atoms with E-state index in [2.05, 4.69) is 26.1 Å². The lowest BCUT2D eigenvalue weighted by Gasteiger charge is -2.40. The zero-order chi connectivity index (χ0) is 15.7. The molecular formula is C17H32N2O2. The van der Waals surface area contributed by atoms with Crippen molar-refractivity contribution in [2.24, 2.45) is 17.1 Å². The van der Waals surface area contributed by atoms with Gasteiger partial charge in [-0.3, -0.25) is 4.79 Å². The first-order valence-electron chi connectivity index (χ1n) is 8.47. The summed E-state index contributed by atoms with van der Waals surface area (Å²) >= 11 is 0. The Balaban J connectivity index is 1.94. The number of nitrogens with two attached hydrogens (primary N) is 1. The number of hydrogen-bond donors (Lipinski definition) is 2. The van der Waals surface area contributed by atoms with Gasteiger partial charge < -0.3 is 15.8 Å². The van der Waals surface area contributed by atoms with Gasteiger partial charge >= 0.3 is 0 Å². The van der Waals surface area contributed by atoms with Crippen LogP contribution in [0.5, 0.6) is 0 Å². The molecular weight excluding hydrogens is 264 g/mol. The molecule has 0 bridgehead atoms. The average Bonchev–Trinajstić information content (AvgIpc) is 2.71. The molecule has 2 aliphatic rings. The summed E-state index contributed by atoms with van der Waals surface area (Å²) in [6.45, 7) is 9.77. The third-order valence-corrected chi connectivity index (χ3v) is 5.19. The van der Waals surface area contributed by atoms with Crippen LogP contribution in [-0.2, 0) is 9.53 Å². The highest BCUT2D eigenvalue weighted by Crippen LogP contribution is 2.42. The summed E-state index contributed by atoms with van der Waals surface area (Å²) in [4.78, 5) is 11.8. The molecule has 2 fully saturated rings. The van der Waals surface area contributed by atoms with E-state index < -0.39 is 5.54 Å². The highest BCUT2D eigenvalue weighted by molar-refractivity contribution is 5.85. The Morgan fingerprint density at radius 3 is 2.57 bits per heavy atom. The first-order valence-corrected chi connectivity index (χ1v) is 8.47. The number of amides is 1. The molecule has 0 spiro atoms. The van der Waals surface area contributed by atoms with Crippen LogP contribution in [0.15, 0.2) is 0 Å². The number of carbonyl (C=O) groups is 1. The largest absolute Gasteiger partial charge is 0.375 e. The van der Waals surface area contributed by atoms with E-state index in [1.54, 1.807) is 0 Å². The van der Waals surface area contributed by atoms with E-state index in [9.17, 15) is 4.79 Å². The molecule has 1 amide bonds. The highest BCUT2D eigenvalue weighted by Gasteiger charge is 2.45. The number of likely N-dealkylation sites (N-methyl/N-ethyl adjacent to an activating group) is 1. The maximum absolute atomic E-state index is 11.8. The Morgan fingerprint density at radius 1 is 1.29 bits per heavy atom. The second-order valence-electron chi connectivity index (χ2n) is 8.01. The molecule has 3 N–H and O–H groups in total. The quantitative estimate of drug-likeness (QED) is 0.819. The van der Waals surface area contributed by atoms with E-state index in [0.29, 0.717) is 11.5 Å². The number of hydrogen-bond acceptors (Lipinski definition) is 3. The van der Waals surface area contributed by atoms with Gasteiger partial charge in [-0.15, -0.1) is 0 Å². The molecule has 2 saturated carbocycles. The highest BCUT2D eigenvalue weighted by atomic mass is 16.5. The van der Waals surface area contributed by atoms with Gasteiger partial charge in [0.15, 0.2) is 0 Å². The maximum atomic E-state index is 11.8. The van der Waals surface area contributed by atoms with Crippen LogP contribution in [0.4, 0.5) is 0 Å². The Hall–Kier alpha value is -0.610. The van der Waals surface area contributed by atoms with Crippen LogP contribution in [0.25, 0.3) is 0 Å².